The van der Waals surface area contributed by atoms with Gasteiger partial charge in [0.05, 0.1) is 5.92 Å². The number of carbonyl (C=O) groups is 1. The number of hydrogen-bond acceptors (Lipinski definition) is 4. The summed E-state index contributed by atoms with van der Waals surface area (Å²) in [4.78, 5) is 25.2. The van der Waals surface area contributed by atoms with Gasteiger partial charge in [0.2, 0.25) is 11.9 Å². The molecule has 2 saturated heterocycles. The average molecular weight is 260 g/mol. The average Bonchev–Trinajstić information content (AvgIpc) is 3.02. The summed E-state index contributed by atoms with van der Waals surface area (Å²) in [5, 5.41) is 0. The fourth-order valence-electron chi connectivity index (χ4n) is 3.01. The minimum absolute atomic E-state index is 0.121. The third-order valence-corrected chi connectivity index (χ3v) is 4.02. The Hall–Kier alpha value is -1.65. The molecule has 0 N–H and O–H groups in total. The molecule has 0 saturated carbocycles. The zero-order valence-corrected chi connectivity index (χ0v) is 11.2. The van der Waals surface area contributed by atoms with Crippen LogP contribution in [0.25, 0.3) is 0 Å². The van der Waals surface area contributed by atoms with Crippen LogP contribution in [0.15, 0.2) is 18.5 Å². The van der Waals surface area contributed by atoms with Crippen LogP contribution in [0, 0.1) is 5.92 Å². The summed E-state index contributed by atoms with van der Waals surface area (Å²) in [7, 11) is 0. The second-order valence-corrected chi connectivity index (χ2v) is 5.37. The van der Waals surface area contributed by atoms with E-state index in [1.54, 1.807) is 12.4 Å². The highest BCUT2D eigenvalue weighted by atomic mass is 16.2. The monoisotopic (exact) mass is 260 g/mol. The van der Waals surface area contributed by atoms with E-state index in [-0.39, 0.29) is 5.92 Å². The van der Waals surface area contributed by atoms with Crippen LogP contribution in [-0.4, -0.2) is 47.0 Å². The first-order valence-electron chi connectivity index (χ1n) is 7.15. The third-order valence-electron chi connectivity index (χ3n) is 4.02. The predicted octanol–water partition coefficient (Wildman–Crippen LogP) is 1.32. The largest absolute Gasteiger partial charge is 0.342 e. The molecule has 19 heavy (non-hydrogen) atoms. The van der Waals surface area contributed by atoms with E-state index in [2.05, 4.69) is 14.9 Å². The Morgan fingerprint density at radius 1 is 1.11 bits per heavy atom. The highest BCUT2D eigenvalue weighted by Crippen LogP contribution is 2.23. The number of aromatic nitrogens is 2. The summed E-state index contributed by atoms with van der Waals surface area (Å²) in [6.45, 7) is 3.60. The van der Waals surface area contributed by atoms with Gasteiger partial charge in [0, 0.05) is 38.6 Å². The van der Waals surface area contributed by atoms with Gasteiger partial charge < -0.3 is 9.80 Å². The molecule has 1 aromatic rings. The Morgan fingerprint density at radius 3 is 2.58 bits per heavy atom. The SMILES string of the molecule is O=C([C@@H]1CCCN(c2ncccn2)C1)N1CCCC1. The van der Waals surface area contributed by atoms with Crippen molar-refractivity contribution >= 4 is 11.9 Å². The van der Waals surface area contributed by atoms with Crippen molar-refractivity contribution in [2.75, 3.05) is 31.1 Å². The van der Waals surface area contributed by atoms with Gasteiger partial charge in [-0.3, -0.25) is 4.79 Å². The van der Waals surface area contributed by atoms with E-state index in [0.29, 0.717) is 5.91 Å². The number of likely N-dealkylation sites (tertiary alicyclic amines) is 1. The number of anilines is 1. The first-order valence-corrected chi connectivity index (χ1v) is 7.15. The van der Waals surface area contributed by atoms with E-state index in [1.165, 1.54) is 0 Å². The van der Waals surface area contributed by atoms with Gasteiger partial charge in [-0.1, -0.05) is 0 Å². The van der Waals surface area contributed by atoms with Crippen molar-refractivity contribution in [1.82, 2.24) is 14.9 Å². The summed E-state index contributed by atoms with van der Waals surface area (Å²) >= 11 is 0. The third kappa shape index (κ3) is 2.69. The van der Waals surface area contributed by atoms with Crippen LogP contribution < -0.4 is 4.90 Å². The fraction of sp³-hybridized carbons (Fsp3) is 0.643. The van der Waals surface area contributed by atoms with Gasteiger partial charge in [0.15, 0.2) is 0 Å². The van der Waals surface area contributed by atoms with Gasteiger partial charge in [-0.2, -0.15) is 0 Å². The molecule has 0 unspecified atom stereocenters. The van der Waals surface area contributed by atoms with E-state index in [1.807, 2.05) is 11.0 Å². The first-order chi connectivity index (χ1) is 9.34. The Morgan fingerprint density at radius 2 is 1.84 bits per heavy atom. The molecular weight excluding hydrogens is 240 g/mol. The Labute approximate surface area is 113 Å². The number of nitrogens with zero attached hydrogens (tertiary/aromatic N) is 4. The molecule has 0 aliphatic carbocycles. The fourth-order valence-corrected chi connectivity index (χ4v) is 3.01. The first kappa shape index (κ1) is 12.4. The minimum atomic E-state index is 0.121. The lowest BCUT2D eigenvalue weighted by molar-refractivity contribution is -0.134. The van der Waals surface area contributed by atoms with Gasteiger partial charge in [0.25, 0.3) is 0 Å². The summed E-state index contributed by atoms with van der Waals surface area (Å²) in [5.41, 5.74) is 0. The van der Waals surface area contributed by atoms with Crippen molar-refractivity contribution in [3.05, 3.63) is 18.5 Å². The Kier molecular flexibility index (Phi) is 3.62. The standard InChI is InChI=1S/C14H20N4O/c19-13(17-8-1-2-9-17)12-5-3-10-18(11-12)14-15-6-4-7-16-14/h4,6-7,12H,1-3,5,8-11H2/t12-/m1/s1. The number of carbonyl (C=O) groups excluding carboxylic acids is 1. The molecule has 3 rings (SSSR count). The molecular formula is C14H20N4O. The van der Waals surface area contributed by atoms with E-state index in [0.717, 1.165) is 57.8 Å². The van der Waals surface area contributed by atoms with Crippen LogP contribution in [-0.2, 0) is 4.79 Å². The number of rotatable bonds is 2. The molecule has 1 aromatic heterocycles. The Balaban J connectivity index is 1.66. The zero-order valence-electron chi connectivity index (χ0n) is 11.2. The molecule has 0 spiro atoms. The second-order valence-electron chi connectivity index (χ2n) is 5.37. The van der Waals surface area contributed by atoms with Crippen LogP contribution in [0.2, 0.25) is 0 Å². The van der Waals surface area contributed by atoms with E-state index in [4.69, 9.17) is 0 Å². The predicted molar refractivity (Wildman–Crippen MR) is 72.8 cm³/mol. The molecule has 0 bridgehead atoms. The van der Waals surface area contributed by atoms with E-state index in [9.17, 15) is 4.79 Å². The molecule has 3 heterocycles. The second kappa shape index (κ2) is 5.55. The summed E-state index contributed by atoms with van der Waals surface area (Å²) < 4.78 is 0. The molecule has 1 atom stereocenters. The van der Waals surface area contributed by atoms with Crippen molar-refractivity contribution < 1.29 is 4.79 Å². The maximum absolute atomic E-state index is 12.4. The van der Waals surface area contributed by atoms with Crippen LogP contribution in [0.4, 0.5) is 5.95 Å². The molecule has 102 valence electrons. The maximum Gasteiger partial charge on any atom is 0.227 e. The smallest absolute Gasteiger partial charge is 0.227 e. The highest BCUT2D eigenvalue weighted by Gasteiger charge is 2.31. The number of piperidine rings is 1. The summed E-state index contributed by atoms with van der Waals surface area (Å²) in [6.07, 6.45) is 7.87. The van der Waals surface area contributed by atoms with Gasteiger partial charge in [-0.15, -0.1) is 0 Å². The van der Waals surface area contributed by atoms with Gasteiger partial charge in [0.1, 0.15) is 0 Å². The Bertz CT molecular complexity index is 430. The van der Waals surface area contributed by atoms with Crippen molar-refractivity contribution in [1.29, 1.82) is 0 Å². The molecule has 2 aliphatic heterocycles. The van der Waals surface area contributed by atoms with Crippen LogP contribution in [0.5, 0.6) is 0 Å². The maximum atomic E-state index is 12.4. The number of amides is 1. The lowest BCUT2D eigenvalue weighted by Crippen LogP contribution is -2.44. The van der Waals surface area contributed by atoms with Crippen molar-refractivity contribution in [2.45, 2.75) is 25.7 Å². The van der Waals surface area contributed by atoms with Crippen molar-refractivity contribution in [3.8, 4) is 0 Å². The lowest BCUT2D eigenvalue weighted by atomic mass is 9.97. The topological polar surface area (TPSA) is 49.3 Å². The van der Waals surface area contributed by atoms with Gasteiger partial charge in [-0.05, 0) is 31.7 Å². The van der Waals surface area contributed by atoms with Crippen LogP contribution >= 0.6 is 0 Å². The summed E-state index contributed by atoms with van der Waals surface area (Å²) in [5.74, 6) is 1.20. The summed E-state index contributed by atoms with van der Waals surface area (Å²) in [6, 6.07) is 1.82. The minimum Gasteiger partial charge on any atom is -0.342 e. The van der Waals surface area contributed by atoms with Crippen LogP contribution in [0.1, 0.15) is 25.7 Å². The molecule has 0 radical (unpaired) electrons. The molecule has 2 fully saturated rings. The van der Waals surface area contributed by atoms with Crippen molar-refractivity contribution in [2.24, 2.45) is 5.92 Å². The molecule has 5 heteroatoms. The normalized spacial score (nSPS) is 23.7. The molecule has 2 aliphatic rings. The molecule has 5 nitrogen and oxygen atoms in total. The number of hydrogen-bond donors (Lipinski definition) is 0. The van der Waals surface area contributed by atoms with Gasteiger partial charge >= 0.3 is 0 Å². The van der Waals surface area contributed by atoms with E-state index >= 15 is 0 Å². The van der Waals surface area contributed by atoms with Crippen molar-refractivity contribution in [3.63, 3.8) is 0 Å². The van der Waals surface area contributed by atoms with Crippen LogP contribution in [0.3, 0.4) is 0 Å². The quantitative estimate of drug-likeness (QED) is 0.804. The highest BCUT2D eigenvalue weighted by molar-refractivity contribution is 5.79. The van der Waals surface area contributed by atoms with Gasteiger partial charge in [-0.25, -0.2) is 9.97 Å². The molecule has 0 aromatic carbocycles. The zero-order chi connectivity index (χ0) is 13.1. The molecule has 1 amide bonds. The lowest BCUT2D eigenvalue weighted by Gasteiger charge is -2.33. The van der Waals surface area contributed by atoms with E-state index < -0.39 is 0 Å².